The molecule has 1 N–H and O–H groups in total. The van der Waals surface area contributed by atoms with Crippen LogP contribution in [0.3, 0.4) is 0 Å². The van der Waals surface area contributed by atoms with Crippen LogP contribution in [0.4, 0.5) is 17.1 Å². The summed E-state index contributed by atoms with van der Waals surface area (Å²) in [5.41, 5.74) is 4.49. The zero-order chi connectivity index (χ0) is 29.3. The van der Waals surface area contributed by atoms with Crippen LogP contribution >= 0.6 is 11.8 Å². The molecule has 41 heavy (non-hydrogen) atoms. The predicted octanol–water partition coefficient (Wildman–Crippen LogP) is 6.90. The second kappa shape index (κ2) is 11.1. The number of aromatic nitrogens is 1. The summed E-state index contributed by atoms with van der Waals surface area (Å²) in [6.45, 7) is 5.88. The van der Waals surface area contributed by atoms with Crippen LogP contribution in [0, 0.1) is 41.0 Å². The molecule has 5 rings (SSSR count). The van der Waals surface area contributed by atoms with Crippen LogP contribution in [0.5, 0.6) is 11.5 Å². The Labute approximate surface area is 238 Å². The first kappa shape index (κ1) is 27.3. The number of hydrogen-bond donors (Lipinski definition) is 1. The molecule has 0 unspecified atom stereocenters. The zero-order valence-corrected chi connectivity index (χ0v) is 23.0. The highest BCUT2D eigenvalue weighted by molar-refractivity contribution is 8.18. The molecule has 1 aromatic heterocycles. The van der Waals surface area contributed by atoms with Gasteiger partial charge in [-0.3, -0.25) is 25.0 Å². The average molecular weight is 570 g/mol. The fourth-order valence-electron chi connectivity index (χ4n) is 4.41. The van der Waals surface area contributed by atoms with Gasteiger partial charge in [0.2, 0.25) is 5.75 Å². The number of ether oxygens (including phenoxy) is 1. The molecule has 11 nitrogen and oxygen atoms in total. The van der Waals surface area contributed by atoms with Gasteiger partial charge in [-0.1, -0.05) is 12.1 Å². The number of non-ortho nitro benzene ring substituents is 1. The molecule has 4 aromatic rings. The second-order valence-electron chi connectivity index (χ2n) is 9.24. The number of benzene rings is 3. The Balaban J connectivity index is 1.37. The van der Waals surface area contributed by atoms with E-state index in [0.717, 1.165) is 46.0 Å². The minimum Gasteiger partial charge on any atom is -0.450 e. The van der Waals surface area contributed by atoms with Crippen molar-refractivity contribution < 1.29 is 19.4 Å². The zero-order valence-electron chi connectivity index (χ0n) is 22.2. The number of aryl methyl sites for hydroxylation is 2. The predicted molar refractivity (Wildman–Crippen MR) is 157 cm³/mol. The van der Waals surface area contributed by atoms with Crippen LogP contribution in [0.1, 0.15) is 22.5 Å². The third-order valence-corrected chi connectivity index (χ3v) is 7.22. The van der Waals surface area contributed by atoms with Gasteiger partial charge in [0, 0.05) is 23.1 Å². The van der Waals surface area contributed by atoms with E-state index in [1.54, 1.807) is 24.3 Å². The summed E-state index contributed by atoms with van der Waals surface area (Å²) in [6.07, 6.45) is 1.84. The van der Waals surface area contributed by atoms with E-state index >= 15 is 0 Å². The Hall–Kier alpha value is -5.23. The molecular formula is C29H23N5O6S. The Morgan fingerprint density at radius 1 is 0.951 bits per heavy atom. The Bertz CT molecular complexity index is 1770. The van der Waals surface area contributed by atoms with E-state index in [4.69, 9.17) is 4.74 Å². The number of amidine groups is 1. The van der Waals surface area contributed by atoms with Crippen molar-refractivity contribution in [3.63, 3.8) is 0 Å². The SMILES string of the molecule is Cc1cccc(N=C2NC(=O)/C(=C/c3cc(C)n(-c4ccc(Oc5ccc([N+](=O)[O-])cc5[N+](=O)[O-])cc4)c3C)S2)c1. The molecule has 3 aromatic carbocycles. The molecule has 1 fully saturated rings. The van der Waals surface area contributed by atoms with Crippen molar-refractivity contribution in [2.24, 2.45) is 4.99 Å². The first-order valence-corrected chi connectivity index (χ1v) is 13.2. The molecule has 12 heteroatoms. The van der Waals surface area contributed by atoms with Gasteiger partial charge in [-0.2, -0.15) is 0 Å². The molecule has 0 bridgehead atoms. The highest BCUT2D eigenvalue weighted by atomic mass is 32.2. The molecule has 1 saturated heterocycles. The van der Waals surface area contributed by atoms with Gasteiger partial charge in [-0.25, -0.2) is 4.99 Å². The van der Waals surface area contributed by atoms with Gasteiger partial charge in [0.1, 0.15) is 5.75 Å². The summed E-state index contributed by atoms with van der Waals surface area (Å²) in [5.74, 6) is 0.0104. The van der Waals surface area contributed by atoms with Crippen LogP contribution in [-0.2, 0) is 4.79 Å². The van der Waals surface area contributed by atoms with Gasteiger partial charge in [0.05, 0.1) is 26.5 Å². The van der Waals surface area contributed by atoms with Gasteiger partial charge in [0.25, 0.3) is 11.6 Å². The van der Waals surface area contributed by atoms with Crippen molar-refractivity contribution in [1.82, 2.24) is 9.88 Å². The number of nitrogens with zero attached hydrogens (tertiary/aromatic N) is 4. The van der Waals surface area contributed by atoms with E-state index in [1.165, 1.54) is 17.8 Å². The number of hydrogen-bond acceptors (Lipinski definition) is 8. The van der Waals surface area contributed by atoms with Crippen LogP contribution in [0.25, 0.3) is 11.8 Å². The van der Waals surface area contributed by atoms with Crippen molar-refractivity contribution in [2.45, 2.75) is 20.8 Å². The van der Waals surface area contributed by atoms with Crippen LogP contribution in [-0.4, -0.2) is 25.5 Å². The summed E-state index contributed by atoms with van der Waals surface area (Å²) >= 11 is 1.28. The van der Waals surface area contributed by atoms with Gasteiger partial charge >= 0.3 is 5.69 Å². The molecule has 2 heterocycles. The summed E-state index contributed by atoms with van der Waals surface area (Å²) in [5, 5.41) is 25.7. The maximum absolute atomic E-state index is 12.6. The lowest BCUT2D eigenvalue weighted by atomic mass is 10.2. The number of aliphatic imine (C=N–C) groups is 1. The van der Waals surface area contributed by atoms with E-state index < -0.39 is 21.2 Å². The smallest absolute Gasteiger partial charge is 0.318 e. The van der Waals surface area contributed by atoms with Crippen molar-refractivity contribution in [3.8, 4) is 17.2 Å². The van der Waals surface area contributed by atoms with Gasteiger partial charge in [0.15, 0.2) is 5.17 Å². The van der Waals surface area contributed by atoms with E-state index in [1.807, 2.05) is 61.7 Å². The van der Waals surface area contributed by atoms with E-state index in [-0.39, 0.29) is 11.7 Å². The standard InChI is InChI=1S/C29H23N5O6S/c1-17-5-4-6-21(13-17)30-29-31-28(35)27(41-29)15-20-14-18(2)32(19(20)3)22-7-10-24(11-8-22)40-26-12-9-23(33(36)37)16-25(26)34(38)39/h4-16H,1-3H3,(H,30,31,35)/b27-15-. The fraction of sp³-hybridized carbons (Fsp3) is 0.103. The number of thioether (sulfide) groups is 1. The molecule has 0 aliphatic carbocycles. The number of nitro benzene ring substituents is 2. The lowest BCUT2D eigenvalue weighted by Crippen LogP contribution is -2.19. The monoisotopic (exact) mass is 569 g/mol. The number of carbonyl (C=O) groups excluding carboxylic acids is 1. The number of nitro groups is 2. The van der Waals surface area contributed by atoms with Gasteiger partial charge < -0.3 is 14.6 Å². The van der Waals surface area contributed by atoms with E-state index in [0.29, 0.717) is 15.8 Å². The van der Waals surface area contributed by atoms with Crippen molar-refractivity contribution in [1.29, 1.82) is 0 Å². The molecule has 1 aliphatic heterocycles. The second-order valence-corrected chi connectivity index (χ2v) is 10.3. The maximum atomic E-state index is 12.6. The molecule has 0 atom stereocenters. The first-order chi connectivity index (χ1) is 19.6. The molecular weight excluding hydrogens is 546 g/mol. The molecule has 206 valence electrons. The lowest BCUT2D eigenvalue weighted by Gasteiger charge is -2.11. The maximum Gasteiger partial charge on any atom is 0.318 e. The first-order valence-electron chi connectivity index (χ1n) is 12.4. The quantitative estimate of drug-likeness (QED) is 0.145. The van der Waals surface area contributed by atoms with Crippen molar-refractivity contribution in [3.05, 3.63) is 120 Å². The topological polar surface area (TPSA) is 142 Å². The molecule has 1 amide bonds. The molecule has 1 aliphatic rings. The third kappa shape index (κ3) is 5.87. The van der Waals surface area contributed by atoms with Crippen LogP contribution in [0.15, 0.2) is 82.7 Å². The number of carbonyl (C=O) groups is 1. The van der Waals surface area contributed by atoms with Crippen molar-refractivity contribution >= 4 is 46.0 Å². The Morgan fingerprint density at radius 2 is 1.71 bits per heavy atom. The number of nitrogens with one attached hydrogen (secondary N) is 1. The summed E-state index contributed by atoms with van der Waals surface area (Å²) in [7, 11) is 0. The lowest BCUT2D eigenvalue weighted by molar-refractivity contribution is -0.394. The minimum absolute atomic E-state index is 0.103. The summed E-state index contributed by atoms with van der Waals surface area (Å²) < 4.78 is 7.70. The van der Waals surface area contributed by atoms with Gasteiger partial charge in [-0.15, -0.1) is 0 Å². The van der Waals surface area contributed by atoms with Gasteiger partial charge in [-0.05, 0) is 98.3 Å². The molecule has 0 spiro atoms. The molecule has 0 radical (unpaired) electrons. The van der Waals surface area contributed by atoms with Crippen LogP contribution < -0.4 is 10.1 Å². The highest BCUT2D eigenvalue weighted by Gasteiger charge is 2.25. The van der Waals surface area contributed by atoms with E-state index in [9.17, 15) is 25.0 Å². The van der Waals surface area contributed by atoms with Crippen LogP contribution in [0.2, 0.25) is 0 Å². The fourth-order valence-corrected chi connectivity index (χ4v) is 5.24. The Kier molecular flexibility index (Phi) is 7.40. The van der Waals surface area contributed by atoms with Crippen molar-refractivity contribution in [2.75, 3.05) is 0 Å². The Morgan fingerprint density at radius 3 is 2.39 bits per heavy atom. The summed E-state index contributed by atoms with van der Waals surface area (Å²) in [6, 6.07) is 19.8. The number of amides is 1. The third-order valence-electron chi connectivity index (χ3n) is 6.31. The number of rotatable bonds is 7. The largest absolute Gasteiger partial charge is 0.450 e. The highest BCUT2D eigenvalue weighted by Crippen LogP contribution is 2.35. The normalized spacial score (nSPS) is 14.9. The average Bonchev–Trinajstić information content (AvgIpc) is 3.41. The minimum atomic E-state index is -0.723. The summed E-state index contributed by atoms with van der Waals surface area (Å²) in [4.78, 5) is 38.7. The van der Waals surface area contributed by atoms with E-state index in [2.05, 4.69) is 10.3 Å². The molecule has 0 saturated carbocycles.